The molecule has 2 aromatic carbocycles. The summed E-state index contributed by atoms with van der Waals surface area (Å²) < 4.78 is 4.98. The molecule has 0 saturated carbocycles. The van der Waals surface area contributed by atoms with Crippen molar-refractivity contribution in [3.63, 3.8) is 0 Å². The van der Waals surface area contributed by atoms with Crippen molar-refractivity contribution in [2.75, 3.05) is 24.7 Å². The fraction of sp³-hybridized carbons (Fsp3) is 0.500. The molecule has 3 rings (SSSR count). The Morgan fingerprint density at radius 1 is 1.00 bits per heavy atom. The predicted octanol–water partition coefficient (Wildman–Crippen LogP) is 5.54. The fourth-order valence-corrected chi connectivity index (χ4v) is 3.79. The number of benzene rings is 2. The van der Waals surface area contributed by atoms with E-state index in [1.54, 1.807) is 0 Å². The molecule has 2 aromatic rings. The summed E-state index contributed by atoms with van der Waals surface area (Å²) in [6.07, 6.45) is 4.58. The number of hydrogen-bond donors (Lipinski definition) is 2. The van der Waals surface area contributed by atoms with Crippen molar-refractivity contribution in [1.82, 2.24) is 10.9 Å². The van der Waals surface area contributed by atoms with Gasteiger partial charge in [-0.05, 0) is 50.9 Å². The van der Waals surface area contributed by atoms with Crippen molar-refractivity contribution in [1.29, 1.82) is 0 Å². The molecule has 6 heteroatoms. The van der Waals surface area contributed by atoms with Crippen LogP contribution in [-0.2, 0) is 9.53 Å². The Bertz CT molecular complexity index is 812. The Morgan fingerprint density at radius 2 is 1.69 bits per heavy atom. The number of esters is 1. The third kappa shape index (κ3) is 7.24. The maximum absolute atomic E-state index is 11.4. The summed E-state index contributed by atoms with van der Waals surface area (Å²) >= 11 is 0. The molecule has 6 nitrogen and oxygen atoms in total. The summed E-state index contributed by atoms with van der Waals surface area (Å²) in [5.41, 5.74) is 6.54. The fourth-order valence-electron chi connectivity index (χ4n) is 3.79. The standard InChI is InChI=1S/C24H33N3O3.C2H6/c1-3-27-21-15-10-8-13-19(21)24(20-14-9-11-16-22(20)30-26-27)25-18-12-6-5-7-17-23(28)29-4-2;1-2/h8-11,13-16,24-26H,3-7,12,17-18H2,1-2H3;1-2H3. The summed E-state index contributed by atoms with van der Waals surface area (Å²) in [4.78, 5) is 17.3. The quantitative estimate of drug-likeness (QED) is 0.373. The number of hydrazine groups is 1. The molecule has 0 fully saturated rings. The summed E-state index contributed by atoms with van der Waals surface area (Å²) in [6, 6.07) is 16.6. The van der Waals surface area contributed by atoms with Gasteiger partial charge in [-0.25, -0.2) is 0 Å². The van der Waals surface area contributed by atoms with E-state index in [-0.39, 0.29) is 12.0 Å². The lowest BCUT2D eigenvalue weighted by molar-refractivity contribution is -0.143. The average Bonchev–Trinajstić information content (AvgIpc) is 2.82. The van der Waals surface area contributed by atoms with Gasteiger partial charge in [-0.3, -0.25) is 9.80 Å². The first-order valence-corrected chi connectivity index (χ1v) is 12.0. The van der Waals surface area contributed by atoms with E-state index < -0.39 is 0 Å². The highest BCUT2D eigenvalue weighted by Crippen LogP contribution is 2.36. The minimum Gasteiger partial charge on any atom is -0.466 e. The van der Waals surface area contributed by atoms with Gasteiger partial charge in [0, 0.05) is 18.5 Å². The molecular formula is C26H39N3O3. The maximum atomic E-state index is 11.4. The highest BCUT2D eigenvalue weighted by atomic mass is 16.7. The van der Waals surface area contributed by atoms with Gasteiger partial charge in [-0.15, -0.1) is 0 Å². The lowest BCUT2D eigenvalue weighted by atomic mass is 9.95. The van der Waals surface area contributed by atoms with Crippen molar-refractivity contribution in [2.45, 2.75) is 65.8 Å². The van der Waals surface area contributed by atoms with Crippen LogP contribution in [0.1, 0.15) is 77.0 Å². The molecule has 0 spiro atoms. The maximum Gasteiger partial charge on any atom is 0.305 e. The first-order valence-electron chi connectivity index (χ1n) is 12.0. The van der Waals surface area contributed by atoms with Gasteiger partial charge < -0.3 is 14.9 Å². The van der Waals surface area contributed by atoms with Gasteiger partial charge >= 0.3 is 5.97 Å². The smallest absolute Gasteiger partial charge is 0.305 e. The second kappa shape index (κ2) is 14.5. The van der Waals surface area contributed by atoms with Gasteiger partial charge in [0.2, 0.25) is 0 Å². The second-order valence-corrected chi connectivity index (χ2v) is 7.39. The van der Waals surface area contributed by atoms with E-state index in [0.29, 0.717) is 13.0 Å². The Morgan fingerprint density at radius 3 is 2.44 bits per heavy atom. The number of hydrogen-bond acceptors (Lipinski definition) is 6. The Kier molecular flexibility index (Phi) is 11.6. The van der Waals surface area contributed by atoms with Crippen molar-refractivity contribution < 1.29 is 14.4 Å². The molecule has 1 atom stereocenters. The monoisotopic (exact) mass is 441 g/mol. The predicted molar refractivity (Wildman–Crippen MR) is 131 cm³/mol. The average molecular weight is 442 g/mol. The Hall–Kier alpha value is -2.57. The molecule has 0 saturated heterocycles. The Balaban J connectivity index is 0.00000176. The van der Waals surface area contributed by atoms with E-state index >= 15 is 0 Å². The molecule has 1 aliphatic heterocycles. The number of ether oxygens (including phenoxy) is 1. The zero-order valence-corrected chi connectivity index (χ0v) is 20.0. The summed E-state index contributed by atoms with van der Waals surface area (Å²) in [5, 5.41) is 5.76. The summed E-state index contributed by atoms with van der Waals surface area (Å²) in [5.74, 6) is 0.741. The number of nitrogens with zero attached hydrogens (tertiary/aromatic N) is 1. The molecule has 1 unspecified atom stereocenters. The number of anilines is 1. The van der Waals surface area contributed by atoms with Crippen molar-refractivity contribution in [3.8, 4) is 5.75 Å². The third-order valence-corrected chi connectivity index (χ3v) is 5.31. The SMILES string of the molecule is CC.CCOC(=O)CCCCCCNC1c2ccccc2ONN(CC)c2ccccc21. The van der Waals surface area contributed by atoms with Crippen LogP contribution in [0.25, 0.3) is 0 Å². The van der Waals surface area contributed by atoms with Crippen LogP contribution in [0, 0.1) is 0 Å². The van der Waals surface area contributed by atoms with Crippen LogP contribution in [-0.4, -0.2) is 25.7 Å². The van der Waals surface area contributed by atoms with E-state index in [9.17, 15) is 4.79 Å². The Labute approximate surface area is 193 Å². The number of para-hydroxylation sites is 2. The van der Waals surface area contributed by atoms with E-state index in [1.165, 1.54) is 5.56 Å². The molecule has 32 heavy (non-hydrogen) atoms. The second-order valence-electron chi connectivity index (χ2n) is 7.39. The molecular weight excluding hydrogens is 402 g/mol. The first-order chi connectivity index (χ1) is 15.7. The zero-order chi connectivity index (χ0) is 23.2. The van der Waals surface area contributed by atoms with Crippen LogP contribution >= 0.6 is 0 Å². The van der Waals surface area contributed by atoms with Crippen LogP contribution in [0.2, 0.25) is 0 Å². The van der Waals surface area contributed by atoms with Crippen LogP contribution in [0.4, 0.5) is 5.69 Å². The normalized spacial score (nSPS) is 14.6. The van der Waals surface area contributed by atoms with E-state index in [2.05, 4.69) is 48.2 Å². The molecule has 1 heterocycles. The van der Waals surface area contributed by atoms with Crippen molar-refractivity contribution >= 4 is 11.7 Å². The minimum atomic E-state index is -0.0903. The summed E-state index contributed by atoms with van der Waals surface area (Å²) in [7, 11) is 0. The van der Waals surface area contributed by atoms with Gasteiger partial charge in [-0.2, -0.15) is 0 Å². The van der Waals surface area contributed by atoms with Gasteiger partial charge in [0.25, 0.3) is 0 Å². The van der Waals surface area contributed by atoms with Crippen LogP contribution < -0.4 is 20.8 Å². The van der Waals surface area contributed by atoms with Gasteiger partial charge in [0.05, 0.1) is 18.3 Å². The lowest BCUT2D eigenvalue weighted by Gasteiger charge is -2.33. The molecule has 176 valence electrons. The van der Waals surface area contributed by atoms with Crippen molar-refractivity contribution in [3.05, 3.63) is 59.7 Å². The molecule has 2 N–H and O–H groups in total. The minimum absolute atomic E-state index is 0.0491. The molecule has 0 bridgehead atoms. The molecule has 0 radical (unpaired) electrons. The van der Waals surface area contributed by atoms with Gasteiger partial charge in [-0.1, -0.05) is 68.7 Å². The number of fused-ring (bicyclic) bond motifs is 2. The highest BCUT2D eigenvalue weighted by Gasteiger charge is 2.25. The number of carbonyl (C=O) groups excluding carboxylic acids is 1. The molecule has 0 aromatic heterocycles. The van der Waals surface area contributed by atoms with Crippen LogP contribution in [0.15, 0.2) is 48.5 Å². The third-order valence-electron chi connectivity index (χ3n) is 5.31. The molecule has 1 aliphatic rings. The van der Waals surface area contributed by atoms with Gasteiger partial charge in [0.15, 0.2) is 5.75 Å². The highest BCUT2D eigenvalue weighted by molar-refractivity contribution is 5.69. The summed E-state index contributed by atoms with van der Waals surface area (Å²) in [6.45, 7) is 10.1. The van der Waals surface area contributed by atoms with Gasteiger partial charge in [0.1, 0.15) is 0 Å². The van der Waals surface area contributed by atoms with E-state index in [1.807, 2.05) is 44.0 Å². The molecule has 0 aliphatic carbocycles. The van der Waals surface area contributed by atoms with Crippen LogP contribution in [0.3, 0.4) is 0 Å². The zero-order valence-electron chi connectivity index (χ0n) is 20.0. The lowest BCUT2D eigenvalue weighted by Crippen LogP contribution is -2.43. The molecule has 0 amide bonds. The van der Waals surface area contributed by atoms with Crippen molar-refractivity contribution in [2.24, 2.45) is 0 Å². The topological polar surface area (TPSA) is 62.8 Å². The first kappa shape index (κ1) is 25.7. The van der Waals surface area contributed by atoms with Crippen LogP contribution in [0.5, 0.6) is 5.75 Å². The van der Waals surface area contributed by atoms with E-state index in [0.717, 1.165) is 55.8 Å². The van der Waals surface area contributed by atoms with E-state index in [4.69, 9.17) is 9.57 Å². The largest absolute Gasteiger partial charge is 0.466 e. The number of rotatable bonds is 10. The number of nitrogens with one attached hydrogen (secondary N) is 2. The number of unbranched alkanes of at least 4 members (excludes halogenated alkanes) is 3. The number of carbonyl (C=O) groups is 1.